The van der Waals surface area contributed by atoms with E-state index >= 15 is 0 Å². The fraction of sp³-hybridized carbons (Fsp3) is 0.111. The average molecular weight is 388 g/mol. The fourth-order valence-corrected chi connectivity index (χ4v) is 2.68. The highest BCUT2D eigenvalue weighted by Gasteiger charge is 2.15. The van der Waals surface area contributed by atoms with Crippen LogP contribution >= 0.6 is 11.6 Å². The molecular formula is C18H14ClN3O5. The van der Waals surface area contributed by atoms with Gasteiger partial charge in [-0.1, -0.05) is 11.6 Å². The molecule has 0 aliphatic rings. The molecule has 138 valence electrons. The molecule has 1 amide bonds. The van der Waals surface area contributed by atoms with Gasteiger partial charge >= 0.3 is 0 Å². The number of hydrogen-bond acceptors (Lipinski definition) is 6. The van der Waals surface area contributed by atoms with Crippen LogP contribution in [-0.4, -0.2) is 29.5 Å². The maximum absolute atomic E-state index is 12.2. The second-order valence-electron chi connectivity index (χ2n) is 5.42. The number of pyridine rings is 1. The van der Waals surface area contributed by atoms with Crippen molar-refractivity contribution in [2.45, 2.75) is 0 Å². The van der Waals surface area contributed by atoms with E-state index in [-0.39, 0.29) is 18.0 Å². The molecule has 8 nitrogen and oxygen atoms in total. The first-order valence-corrected chi connectivity index (χ1v) is 8.15. The largest absolute Gasteiger partial charge is 0.495 e. The number of nitrogens with one attached hydrogen (secondary N) is 1. The number of nitro groups is 1. The van der Waals surface area contributed by atoms with Crippen molar-refractivity contribution in [3.8, 4) is 11.5 Å². The van der Waals surface area contributed by atoms with Crippen LogP contribution in [0.3, 0.4) is 0 Å². The second-order valence-corrected chi connectivity index (χ2v) is 5.83. The van der Waals surface area contributed by atoms with E-state index in [0.717, 1.165) is 0 Å². The van der Waals surface area contributed by atoms with E-state index in [9.17, 15) is 14.9 Å². The number of aromatic nitrogens is 1. The van der Waals surface area contributed by atoms with Gasteiger partial charge < -0.3 is 14.8 Å². The van der Waals surface area contributed by atoms with Gasteiger partial charge in [0.15, 0.2) is 6.61 Å². The van der Waals surface area contributed by atoms with E-state index in [1.54, 1.807) is 30.5 Å². The van der Waals surface area contributed by atoms with Crippen LogP contribution < -0.4 is 14.8 Å². The molecule has 0 saturated carbocycles. The maximum Gasteiger partial charge on any atom is 0.271 e. The van der Waals surface area contributed by atoms with Crippen molar-refractivity contribution in [2.75, 3.05) is 19.0 Å². The predicted molar refractivity (Wildman–Crippen MR) is 101 cm³/mol. The number of methoxy groups -OCH3 is 1. The Bertz CT molecular complexity index is 1030. The third-order valence-electron chi connectivity index (χ3n) is 3.71. The van der Waals surface area contributed by atoms with Gasteiger partial charge in [0.1, 0.15) is 17.0 Å². The number of benzene rings is 2. The summed E-state index contributed by atoms with van der Waals surface area (Å²) in [6.45, 7) is -0.320. The number of amides is 1. The molecule has 9 heteroatoms. The van der Waals surface area contributed by atoms with Gasteiger partial charge in [-0.05, 0) is 30.3 Å². The highest BCUT2D eigenvalue weighted by Crippen LogP contribution is 2.30. The minimum atomic E-state index is -0.558. The molecule has 3 aromatic rings. The summed E-state index contributed by atoms with van der Waals surface area (Å²) in [6.07, 6.45) is 1.60. The van der Waals surface area contributed by atoms with E-state index in [0.29, 0.717) is 27.4 Å². The first kappa shape index (κ1) is 18.4. The summed E-state index contributed by atoms with van der Waals surface area (Å²) >= 11 is 6.13. The molecule has 0 unspecified atom stereocenters. The topological polar surface area (TPSA) is 104 Å². The summed E-state index contributed by atoms with van der Waals surface area (Å²) < 4.78 is 10.7. The molecule has 0 saturated heterocycles. The zero-order valence-corrected chi connectivity index (χ0v) is 14.9. The summed E-state index contributed by atoms with van der Waals surface area (Å²) in [5.41, 5.74) is 0.546. The second kappa shape index (κ2) is 7.88. The molecule has 0 aliphatic carbocycles. The zero-order valence-electron chi connectivity index (χ0n) is 14.1. The van der Waals surface area contributed by atoms with Crippen LogP contribution in [0, 0.1) is 10.1 Å². The Morgan fingerprint density at radius 2 is 2.04 bits per heavy atom. The van der Waals surface area contributed by atoms with Crippen molar-refractivity contribution in [1.82, 2.24) is 4.98 Å². The Kier molecular flexibility index (Phi) is 5.37. The molecule has 0 spiro atoms. The van der Waals surface area contributed by atoms with E-state index in [1.165, 1.54) is 25.3 Å². The molecular weight excluding hydrogens is 374 g/mol. The standard InChI is InChI=1S/C18H14ClN3O5/c1-26-15-6-4-11(22(24)25)9-14(15)21-17(23)10-27-16-7-5-13(19)12-3-2-8-20-18(12)16/h2-9H,10H2,1H3,(H,21,23). The van der Waals surface area contributed by atoms with Crippen LogP contribution in [0.25, 0.3) is 10.9 Å². The van der Waals surface area contributed by atoms with E-state index in [4.69, 9.17) is 21.1 Å². The normalized spacial score (nSPS) is 10.4. The van der Waals surface area contributed by atoms with Crippen LogP contribution in [0.2, 0.25) is 5.02 Å². The Balaban J connectivity index is 1.75. The van der Waals surface area contributed by atoms with Gasteiger partial charge in [-0.15, -0.1) is 0 Å². The van der Waals surface area contributed by atoms with Gasteiger partial charge in [0.2, 0.25) is 0 Å². The number of fused-ring (bicyclic) bond motifs is 1. The van der Waals surface area contributed by atoms with E-state index < -0.39 is 10.8 Å². The number of ether oxygens (including phenoxy) is 2. The number of anilines is 1. The van der Waals surface area contributed by atoms with Crippen molar-refractivity contribution < 1.29 is 19.2 Å². The maximum atomic E-state index is 12.2. The Morgan fingerprint density at radius 3 is 2.78 bits per heavy atom. The minimum Gasteiger partial charge on any atom is -0.495 e. The molecule has 0 bridgehead atoms. The average Bonchev–Trinajstić information content (AvgIpc) is 2.67. The summed E-state index contributed by atoms with van der Waals surface area (Å²) in [5, 5.41) is 14.7. The molecule has 0 radical (unpaired) electrons. The molecule has 0 fully saturated rings. The number of nitro benzene ring substituents is 1. The lowest BCUT2D eigenvalue weighted by Crippen LogP contribution is -2.20. The van der Waals surface area contributed by atoms with Crippen molar-refractivity contribution in [3.63, 3.8) is 0 Å². The van der Waals surface area contributed by atoms with Gasteiger partial charge in [-0.2, -0.15) is 0 Å². The summed E-state index contributed by atoms with van der Waals surface area (Å²) in [7, 11) is 1.40. The number of halogens is 1. The van der Waals surface area contributed by atoms with E-state index in [2.05, 4.69) is 10.3 Å². The number of rotatable bonds is 6. The lowest BCUT2D eigenvalue weighted by atomic mass is 10.2. The van der Waals surface area contributed by atoms with Crippen LogP contribution in [-0.2, 0) is 4.79 Å². The van der Waals surface area contributed by atoms with Gasteiger partial charge in [0, 0.05) is 23.7 Å². The van der Waals surface area contributed by atoms with Gasteiger partial charge in [-0.25, -0.2) is 0 Å². The number of non-ortho nitro benzene ring substituents is 1. The SMILES string of the molecule is COc1ccc([N+](=O)[O-])cc1NC(=O)COc1ccc(Cl)c2cccnc12. The lowest BCUT2D eigenvalue weighted by Gasteiger charge is -2.12. The molecule has 1 aromatic heterocycles. The molecule has 0 aliphatic heterocycles. The predicted octanol–water partition coefficient (Wildman–Crippen LogP) is 3.82. The highest BCUT2D eigenvalue weighted by molar-refractivity contribution is 6.35. The van der Waals surface area contributed by atoms with E-state index in [1.807, 2.05) is 0 Å². The Hall–Kier alpha value is -3.39. The summed E-state index contributed by atoms with van der Waals surface area (Å²) in [5.74, 6) is 0.191. The zero-order chi connectivity index (χ0) is 19.4. The Morgan fingerprint density at radius 1 is 1.26 bits per heavy atom. The van der Waals surface area contributed by atoms with Crippen LogP contribution in [0.1, 0.15) is 0 Å². The molecule has 0 atom stereocenters. The van der Waals surface area contributed by atoms with Crippen molar-refractivity contribution in [2.24, 2.45) is 0 Å². The highest BCUT2D eigenvalue weighted by atomic mass is 35.5. The minimum absolute atomic E-state index is 0.167. The van der Waals surface area contributed by atoms with Crippen molar-refractivity contribution in [3.05, 3.63) is 63.8 Å². The van der Waals surface area contributed by atoms with Crippen molar-refractivity contribution in [1.29, 1.82) is 0 Å². The molecule has 3 rings (SSSR count). The number of hydrogen-bond donors (Lipinski definition) is 1. The molecule has 27 heavy (non-hydrogen) atoms. The summed E-state index contributed by atoms with van der Waals surface area (Å²) in [6, 6.07) is 10.7. The van der Waals surface area contributed by atoms with Crippen LogP contribution in [0.5, 0.6) is 11.5 Å². The Labute approximate surface area is 158 Å². The smallest absolute Gasteiger partial charge is 0.271 e. The van der Waals surface area contributed by atoms with Crippen LogP contribution in [0.15, 0.2) is 48.7 Å². The number of carbonyl (C=O) groups is 1. The van der Waals surface area contributed by atoms with Gasteiger partial charge in [0.25, 0.3) is 11.6 Å². The molecule has 1 N–H and O–H groups in total. The van der Waals surface area contributed by atoms with Crippen LogP contribution in [0.4, 0.5) is 11.4 Å². The fourth-order valence-electron chi connectivity index (χ4n) is 2.47. The first-order chi connectivity index (χ1) is 13.0. The monoisotopic (exact) mass is 387 g/mol. The molecule has 1 heterocycles. The van der Waals surface area contributed by atoms with Gasteiger partial charge in [-0.3, -0.25) is 19.9 Å². The molecule has 2 aromatic carbocycles. The third kappa shape index (κ3) is 4.06. The lowest BCUT2D eigenvalue weighted by molar-refractivity contribution is -0.384. The quantitative estimate of drug-likeness (QED) is 0.509. The summed E-state index contributed by atoms with van der Waals surface area (Å²) in [4.78, 5) is 26.8. The van der Waals surface area contributed by atoms with Gasteiger partial charge in [0.05, 0.1) is 22.7 Å². The number of carbonyl (C=O) groups excluding carboxylic acids is 1. The first-order valence-electron chi connectivity index (χ1n) is 7.78. The van der Waals surface area contributed by atoms with Crippen molar-refractivity contribution >= 4 is 39.8 Å². The number of nitrogens with zero attached hydrogens (tertiary/aromatic N) is 2. The third-order valence-corrected chi connectivity index (χ3v) is 4.04.